The predicted molar refractivity (Wildman–Crippen MR) is 65.9 cm³/mol. The highest BCUT2D eigenvalue weighted by molar-refractivity contribution is 9.10. The first-order chi connectivity index (χ1) is 6.29. The number of hydrogen-bond donors (Lipinski definition) is 0. The summed E-state index contributed by atoms with van der Waals surface area (Å²) in [6.07, 6.45) is 0. The van der Waals surface area contributed by atoms with Gasteiger partial charge in [0, 0.05) is 9.17 Å². The van der Waals surface area contributed by atoms with Crippen molar-refractivity contribution >= 4 is 49.1 Å². The maximum atomic E-state index is 3.48. The molecule has 0 nitrogen and oxygen atoms in total. The Morgan fingerprint density at radius 3 is 3.00 bits per heavy atom. The van der Waals surface area contributed by atoms with Crippen molar-refractivity contribution < 1.29 is 0 Å². The smallest absolute Gasteiger partial charge is 0.0611 e. The van der Waals surface area contributed by atoms with Crippen molar-refractivity contribution in [2.24, 2.45) is 0 Å². The van der Waals surface area contributed by atoms with Crippen LogP contribution in [0.2, 0.25) is 0 Å². The van der Waals surface area contributed by atoms with Gasteiger partial charge in [0.25, 0.3) is 0 Å². The van der Waals surface area contributed by atoms with Crippen LogP contribution in [0.25, 0.3) is 10.1 Å². The number of rotatable bonds is 2. The zero-order valence-corrected chi connectivity index (χ0v) is 10.4. The summed E-state index contributed by atoms with van der Waals surface area (Å²) in [5.74, 6) is 1.15. The van der Waals surface area contributed by atoms with E-state index >= 15 is 0 Å². The van der Waals surface area contributed by atoms with Gasteiger partial charge in [0.2, 0.25) is 0 Å². The first kappa shape index (κ1) is 9.56. The quantitative estimate of drug-likeness (QED) is 0.710. The Bertz CT molecular complexity index is 420. The molecule has 0 bridgehead atoms. The summed E-state index contributed by atoms with van der Waals surface area (Å²) < 4.78 is 3.94. The Kier molecular flexibility index (Phi) is 2.96. The van der Waals surface area contributed by atoms with Crippen LogP contribution in [0.15, 0.2) is 32.9 Å². The van der Waals surface area contributed by atoms with E-state index < -0.39 is 0 Å². The second-order valence-electron chi connectivity index (χ2n) is 2.68. The third-order valence-corrected chi connectivity index (χ3v) is 4.44. The molecule has 0 saturated carbocycles. The molecule has 68 valence electrons. The molecule has 0 aliphatic heterocycles. The zero-order valence-electron chi connectivity index (χ0n) is 7.21. The van der Waals surface area contributed by atoms with Gasteiger partial charge in [-0.15, -0.1) is 23.1 Å². The summed E-state index contributed by atoms with van der Waals surface area (Å²) in [6.45, 7) is 2.19. The van der Waals surface area contributed by atoms with Crippen LogP contribution in [0.3, 0.4) is 0 Å². The molecule has 0 aliphatic carbocycles. The van der Waals surface area contributed by atoms with E-state index in [0.29, 0.717) is 0 Å². The van der Waals surface area contributed by atoms with Crippen molar-refractivity contribution in [2.75, 3.05) is 5.75 Å². The molecule has 1 aromatic carbocycles. The fraction of sp³-hybridized carbons (Fsp3) is 0.200. The van der Waals surface area contributed by atoms with Crippen LogP contribution in [0.1, 0.15) is 6.92 Å². The lowest BCUT2D eigenvalue weighted by Gasteiger charge is -1.88. The van der Waals surface area contributed by atoms with Crippen LogP contribution in [0.5, 0.6) is 0 Å². The molecule has 1 heterocycles. The Morgan fingerprint density at radius 2 is 2.23 bits per heavy atom. The van der Waals surface area contributed by atoms with Gasteiger partial charge < -0.3 is 0 Å². The molecular weight excluding hydrogens is 264 g/mol. The number of fused-ring (bicyclic) bond motifs is 1. The van der Waals surface area contributed by atoms with E-state index in [1.807, 2.05) is 23.1 Å². The number of thiophene rings is 1. The molecule has 0 radical (unpaired) electrons. The van der Waals surface area contributed by atoms with Gasteiger partial charge in [0.1, 0.15) is 0 Å². The van der Waals surface area contributed by atoms with E-state index in [9.17, 15) is 0 Å². The zero-order chi connectivity index (χ0) is 9.26. The van der Waals surface area contributed by atoms with Gasteiger partial charge in [-0.1, -0.05) is 22.9 Å². The minimum atomic E-state index is 1.15. The summed E-state index contributed by atoms with van der Waals surface area (Å²) in [5.41, 5.74) is 0. The van der Waals surface area contributed by atoms with E-state index in [1.165, 1.54) is 14.3 Å². The molecule has 0 amide bonds. The number of hydrogen-bond acceptors (Lipinski definition) is 2. The second-order valence-corrected chi connectivity index (χ2v) is 6.24. The molecule has 0 atom stereocenters. The molecule has 0 unspecified atom stereocenters. The molecule has 0 aliphatic rings. The Morgan fingerprint density at radius 1 is 1.38 bits per heavy atom. The van der Waals surface area contributed by atoms with Gasteiger partial charge in [-0.05, 0) is 35.4 Å². The normalized spacial score (nSPS) is 10.9. The average molecular weight is 273 g/mol. The number of halogens is 1. The lowest BCUT2D eigenvalue weighted by molar-refractivity contribution is 1.51. The van der Waals surface area contributed by atoms with Crippen LogP contribution in [-0.4, -0.2) is 5.75 Å². The molecular formula is C10H9BrS2. The number of benzene rings is 1. The van der Waals surface area contributed by atoms with Crippen molar-refractivity contribution in [3.05, 3.63) is 28.7 Å². The third kappa shape index (κ3) is 2.09. The first-order valence-electron chi connectivity index (χ1n) is 4.11. The van der Waals surface area contributed by atoms with E-state index in [-0.39, 0.29) is 0 Å². The second kappa shape index (κ2) is 4.03. The molecule has 0 N–H and O–H groups in total. The average Bonchev–Trinajstić information content (AvgIpc) is 2.46. The van der Waals surface area contributed by atoms with Gasteiger partial charge in [-0.3, -0.25) is 0 Å². The van der Waals surface area contributed by atoms with Crippen molar-refractivity contribution in [3.8, 4) is 0 Å². The molecule has 3 heteroatoms. The van der Waals surface area contributed by atoms with Crippen molar-refractivity contribution in [1.29, 1.82) is 0 Å². The summed E-state index contributed by atoms with van der Waals surface area (Å²) in [4.78, 5) is 0. The highest BCUT2D eigenvalue weighted by atomic mass is 79.9. The Balaban J connectivity index is 2.49. The summed E-state index contributed by atoms with van der Waals surface area (Å²) >= 11 is 7.26. The maximum absolute atomic E-state index is 3.48. The van der Waals surface area contributed by atoms with Crippen LogP contribution < -0.4 is 0 Å². The van der Waals surface area contributed by atoms with Crippen molar-refractivity contribution in [2.45, 2.75) is 11.1 Å². The minimum Gasteiger partial charge on any atom is -0.129 e. The lowest BCUT2D eigenvalue weighted by atomic mass is 10.3. The molecule has 2 aromatic rings. The standard InChI is InChI=1S/C10H9BrS2/c1-2-12-10-6-7-5-8(11)3-4-9(7)13-10/h3-6H,2H2,1H3. The highest BCUT2D eigenvalue weighted by Crippen LogP contribution is 2.33. The van der Waals surface area contributed by atoms with Crippen LogP contribution in [-0.2, 0) is 0 Å². The third-order valence-electron chi connectivity index (χ3n) is 1.74. The predicted octanol–water partition coefficient (Wildman–Crippen LogP) is 4.78. The van der Waals surface area contributed by atoms with E-state index in [2.05, 4.69) is 47.1 Å². The van der Waals surface area contributed by atoms with Crippen molar-refractivity contribution in [3.63, 3.8) is 0 Å². The molecule has 0 spiro atoms. The van der Waals surface area contributed by atoms with E-state index in [4.69, 9.17) is 0 Å². The monoisotopic (exact) mass is 272 g/mol. The molecule has 13 heavy (non-hydrogen) atoms. The van der Waals surface area contributed by atoms with Gasteiger partial charge in [-0.25, -0.2) is 0 Å². The Labute approximate surface area is 94.5 Å². The van der Waals surface area contributed by atoms with Gasteiger partial charge in [0.05, 0.1) is 4.21 Å². The van der Waals surface area contributed by atoms with Gasteiger partial charge in [-0.2, -0.15) is 0 Å². The highest BCUT2D eigenvalue weighted by Gasteiger charge is 2.01. The molecule has 0 saturated heterocycles. The molecule has 1 aromatic heterocycles. The molecule has 2 rings (SSSR count). The summed E-state index contributed by atoms with van der Waals surface area (Å²) in [5, 5.41) is 1.34. The van der Waals surface area contributed by atoms with E-state index in [0.717, 1.165) is 10.2 Å². The van der Waals surface area contributed by atoms with E-state index in [1.54, 1.807) is 0 Å². The van der Waals surface area contributed by atoms with Gasteiger partial charge in [0.15, 0.2) is 0 Å². The minimum absolute atomic E-state index is 1.15. The SMILES string of the molecule is CCSc1cc2cc(Br)ccc2s1. The van der Waals surface area contributed by atoms with Crippen LogP contribution in [0.4, 0.5) is 0 Å². The molecule has 0 fully saturated rings. The lowest BCUT2D eigenvalue weighted by Crippen LogP contribution is -1.62. The van der Waals surface area contributed by atoms with Gasteiger partial charge >= 0.3 is 0 Å². The van der Waals surface area contributed by atoms with Crippen LogP contribution >= 0.6 is 39.0 Å². The maximum Gasteiger partial charge on any atom is 0.0611 e. The number of thioether (sulfide) groups is 1. The fourth-order valence-corrected chi connectivity index (χ4v) is 3.71. The largest absolute Gasteiger partial charge is 0.129 e. The van der Waals surface area contributed by atoms with Crippen LogP contribution in [0, 0.1) is 0 Å². The first-order valence-corrected chi connectivity index (χ1v) is 6.71. The topological polar surface area (TPSA) is 0 Å². The summed E-state index contributed by atoms with van der Waals surface area (Å²) in [6, 6.07) is 8.70. The Hall–Kier alpha value is 0.01000. The summed E-state index contributed by atoms with van der Waals surface area (Å²) in [7, 11) is 0. The fourth-order valence-electron chi connectivity index (χ4n) is 1.20. The van der Waals surface area contributed by atoms with Crippen molar-refractivity contribution in [1.82, 2.24) is 0 Å².